The molecule has 202 valence electrons. The van der Waals surface area contributed by atoms with E-state index in [-0.39, 0.29) is 16.6 Å². The molecule has 1 N–H and O–H groups in total. The normalized spacial score (nSPS) is 16.0. The Kier molecular flexibility index (Phi) is 7.73. The molecule has 1 aliphatic rings. The van der Waals surface area contributed by atoms with Gasteiger partial charge in [-0.2, -0.15) is 0 Å². The number of sulfonamides is 1. The molecule has 1 unspecified atom stereocenters. The molecule has 0 spiro atoms. The predicted octanol–water partition coefficient (Wildman–Crippen LogP) is 4.33. The third-order valence-electron chi connectivity index (χ3n) is 6.29. The van der Waals surface area contributed by atoms with Crippen LogP contribution in [0, 0.1) is 0 Å². The lowest BCUT2D eigenvalue weighted by Gasteiger charge is -2.38. The largest absolute Gasteiger partial charge is 0.497 e. The second kappa shape index (κ2) is 10.8. The minimum absolute atomic E-state index is 0.0622. The van der Waals surface area contributed by atoms with Crippen molar-refractivity contribution in [3.63, 3.8) is 0 Å². The van der Waals surface area contributed by atoms with Gasteiger partial charge in [0.15, 0.2) is 11.5 Å². The number of fused-ring (bicyclic) bond motifs is 1. The lowest BCUT2D eigenvalue weighted by molar-refractivity contribution is -0.120. The molecular formula is C28H32N2O7S. The van der Waals surface area contributed by atoms with Gasteiger partial charge in [-0.15, -0.1) is 0 Å². The number of rotatable bonds is 9. The van der Waals surface area contributed by atoms with Crippen molar-refractivity contribution in [2.24, 2.45) is 0 Å². The van der Waals surface area contributed by atoms with Crippen molar-refractivity contribution in [1.82, 2.24) is 5.32 Å². The highest BCUT2D eigenvalue weighted by Crippen LogP contribution is 2.41. The number of benzene rings is 3. The fourth-order valence-corrected chi connectivity index (χ4v) is 5.91. The van der Waals surface area contributed by atoms with E-state index in [1.165, 1.54) is 32.4 Å². The molecule has 1 aliphatic heterocycles. The summed E-state index contributed by atoms with van der Waals surface area (Å²) in [6.07, 6.45) is 0.500. The van der Waals surface area contributed by atoms with E-state index in [9.17, 15) is 13.2 Å². The van der Waals surface area contributed by atoms with E-state index < -0.39 is 28.1 Å². The molecule has 1 heterocycles. The van der Waals surface area contributed by atoms with Gasteiger partial charge in [-0.3, -0.25) is 9.10 Å². The highest BCUT2D eigenvalue weighted by atomic mass is 32.2. The second-order valence-electron chi connectivity index (χ2n) is 9.45. The van der Waals surface area contributed by atoms with Crippen molar-refractivity contribution in [1.29, 1.82) is 0 Å². The van der Waals surface area contributed by atoms with E-state index in [4.69, 9.17) is 18.9 Å². The van der Waals surface area contributed by atoms with E-state index in [1.54, 1.807) is 49.6 Å². The van der Waals surface area contributed by atoms with Crippen molar-refractivity contribution in [3.05, 3.63) is 72.3 Å². The fourth-order valence-electron chi connectivity index (χ4n) is 4.47. The molecular weight excluding hydrogens is 508 g/mol. The van der Waals surface area contributed by atoms with Crippen molar-refractivity contribution in [3.8, 4) is 23.0 Å². The van der Waals surface area contributed by atoms with Gasteiger partial charge in [-0.1, -0.05) is 18.2 Å². The van der Waals surface area contributed by atoms with Crippen LogP contribution in [0.4, 0.5) is 5.69 Å². The third-order valence-corrected chi connectivity index (χ3v) is 8.07. The molecule has 9 nitrogen and oxygen atoms in total. The summed E-state index contributed by atoms with van der Waals surface area (Å²) < 4.78 is 50.6. The monoisotopic (exact) mass is 540 g/mol. The number of carbonyl (C=O) groups excluding carboxylic acids is 1. The Bertz CT molecular complexity index is 1410. The number of nitrogens with zero attached hydrogens (tertiary/aromatic N) is 1. The van der Waals surface area contributed by atoms with Gasteiger partial charge in [0, 0.05) is 24.1 Å². The first-order valence-electron chi connectivity index (χ1n) is 12.0. The molecule has 1 atom stereocenters. The van der Waals surface area contributed by atoms with Gasteiger partial charge in [0.2, 0.25) is 5.91 Å². The Hall–Kier alpha value is -3.92. The minimum atomic E-state index is -4.09. The molecule has 1 amide bonds. The van der Waals surface area contributed by atoms with Gasteiger partial charge >= 0.3 is 0 Å². The molecule has 3 aromatic carbocycles. The van der Waals surface area contributed by atoms with Crippen LogP contribution in [-0.4, -0.2) is 47.8 Å². The maximum atomic E-state index is 13.7. The summed E-state index contributed by atoms with van der Waals surface area (Å²) in [4.78, 5) is 13.5. The van der Waals surface area contributed by atoms with Crippen molar-refractivity contribution in [2.45, 2.75) is 36.8 Å². The molecule has 0 radical (unpaired) electrons. The lowest BCUT2D eigenvalue weighted by Crippen LogP contribution is -2.45. The van der Waals surface area contributed by atoms with Crippen molar-refractivity contribution in [2.75, 3.05) is 32.2 Å². The van der Waals surface area contributed by atoms with E-state index >= 15 is 0 Å². The zero-order valence-electron chi connectivity index (χ0n) is 22.1. The highest BCUT2D eigenvalue weighted by molar-refractivity contribution is 7.92. The number of nitrogens with one attached hydrogen (secondary N) is 1. The first-order valence-corrected chi connectivity index (χ1v) is 13.5. The fraction of sp³-hybridized carbons (Fsp3) is 0.321. The third kappa shape index (κ3) is 5.65. The Morgan fingerprint density at radius 3 is 2.34 bits per heavy atom. The Morgan fingerprint density at radius 2 is 1.68 bits per heavy atom. The number of hydrogen-bond acceptors (Lipinski definition) is 7. The Morgan fingerprint density at radius 1 is 0.974 bits per heavy atom. The summed E-state index contributed by atoms with van der Waals surface area (Å²) in [6, 6.07) is 17.7. The van der Waals surface area contributed by atoms with Gasteiger partial charge in [0.05, 0.1) is 38.0 Å². The SMILES string of the molecule is COc1ccc2c(c1)OC(C)(C)CC2NC(=O)CN(c1ccc(OC)c(OC)c1)S(=O)(=O)c1ccccc1. The van der Waals surface area contributed by atoms with Crippen molar-refractivity contribution >= 4 is 21.6 Å². The van der Waals surface area contributed by atoms with Gasteiger partial charge in [-0.25, -0.2) is 8.42 Å². The first kappa shape index (κ1) is 27.1. The summed E-state index contributed by atoms with van der Waals surface area (Å²) >= 11 is 0. The zero-order chi connectivity index (χ0) is 27.5. The van der Waals surface area contributed by atoms with Crippen LogP contribution in [-0.2, 0) is 14.8 Å². The number of amides is 1. The number of methoxy groups -OCH3 is 3. The maximum Gasteiger partial charge on any atom is 0.264 e. The Balaban J connectivity index is 1.68. The van der Waals surface area contributed by atoms with Gasteiger partial charge in [-0.05, 0) is 50.2 Å². The lowest BCUT2D eigenvalue weighted by atomic mass is 9.89. The topological polar surface area (TPSA) is 103 Å². The maximum absolute atomic E-state index is 13.7. The summed E-state index contributed by atoms with van der Waals surface area (Å²) in [6.45, 7) is 3.42. The van der Waals surface area contributed by atoms with E-state index in [0.717, 1.165) is 9.87 Å². The molecule has 4 rings (SSSR count). The average Bonchev–Trinajstić information content (AvgIpc) is 2.90. The van der Waals surface area contributed by atoms with Gasteiger partial charge < -0.3 is 24.3 Å². The molecule has 0 fully saturated rings. The molecule has 3 aromatic rings. The predicted molar refractivity (Wildman–Crippen MR) is 144 cm³/mol. The van der Waals surface area contributed by atoms with E-state index in [2.05, 4.69) is 5.32 Å². The van der Waals surface area contributed by atoms with E-state index in [1.807, 2.05) is 19.9 Å². The van der Waals surface area contributed by atoms with Crippen LogP contribution < -0.4 is 28.6 Å². The summed E-state index contributed by atoms with van der Waals surface area (Å²) in [7, 11) is 0.437. The standard InChI is InChI=1S/C28H32N2O7S/c1-28(2)17-23(22-13-12-20(34-3)16-25(22)37-28)29-27(31)18-30(38(32,33)21-9-7-6-8-10-21)19-11-14-24(35-4)26(15-19)36-5/h6-16,23H,17-18H2,1-5H3,(H,29,31). The number of carbonyl (C=O) groups is 1. The van der Waals surface area contributed by atoms with Crippen molar-refractivity contribution < 1.29 is 32.2 Å². The van der Waals surface area contributed by atoms with Crippen LogP contribution in [0.5, 0.6) is 23.0 Å². The van der Waals surface area contributed by atoms with Crippen LogP contribution in [0.3, 0.4) is 0 Å². The summed E-state index contributed by atoms with van der Waals surface area (Å²) in [5, 5.41) is 3.02. The molecule has 0 saturated carbocycles. The number of ether oxygens (including phenoxy) is 4. The van der Waals surface area contributed by atoms with Crippen LogP contribution in [0.25, 0.3) is 0 Å². The highest BCUT2D eigenvalue weighted by Gasteiger charge is 2.36. The first-order chi connectivity index (χ1) is 18.1. The van der Waals surface area contributed by atoms with Crippen LogP contribution in [0.2, 0.25) is 0 Å². The molecule has 0 bridgehead atoms. The molecule has 10 heteroatoms. The molecule has 0 aromatic heterocycles. The zero-order valence-corrected chi connectivity index (χ0v) is 22.9. The molecule has 0 saturated heterocycles. The van der Waals surface area contributed by atoms with E-state index in [0.29, 0.717) is 29.4 Å². The van der Waals surface area contributed by atoms with Crippen LogP contribution in [0.15, 0.2) is 71.6 Å². The summed E-state index contributed by atoms with van der Waals surface area (Å²) in [5.41, 5.74) is 0.498. The van der Waals surface area contributed by atoms with Crippen LogP contribution >= 0.6 is 0 Å². The average molecular weight is 541 g/mol. The number of hydrogen-bond donors (Lipinski definition) is 1. The number of anilines is 1. The van der Waals surface area contributed by atoms with Crippen LogP contribution in [0.1, 0.15) is 31.9 Å². The smallest absolute Gasteiger partial charge is 0.264 e. The minimum Gasteiger partial charge on any atom is -0.497 e. The Labute approximate surface area is 223 Å². The van der Waals surface area contributed by atoms with Gasteiger partial charge in [0.25, 0.3) is 10.0 Å². The quantitative estimate of drug-likeness (QED) is 0.431. The summed E-state index contributed by atoms with van der Waals surface area (Å²) in [5.74, 6) is 1.56. The second-order valence-corrected chi connectivity index (χ2v) is 11.3. The molecule has 0 aliphatic carbocycles. The molecule has 38 heavy (non-hydrogen) atoms. The van der Waals surface area contributed by atoms with Gasteiger partial charge in [0.1, 0.15) is 23.6 Å².